The van der Waals surface area contributed by atoms with Crippen LogP contribution < -0.4 is 10.7 Å². The van der Waals surface area contributed by atoms with E-state index in [4.69, 9.17) is 10.5 Å². The van der Waals surface area contributed by atoms with Gasteiger partial charge in [0.05, 0.1) is 24.6 Å². The Morgan fingerprint density at radius 3 is 2.65 bits per heavy atom. The van der Waals surface area contributed by atoms with Crippen LogP contribution in [-0.2, 0) is 4.74 Å². The molecule has 0 aromatic heterocycles. The van der Waals surface area contributed by atoms with Gasteiger partial charge in [-0.25, -0.2) is 5.01 Å². The summed E-state index contributed by atoms with van der Waals surface area (Å²) in [5.74, 6) is 0. The molecule has 1 unspecified atom stereocenters. The molecule has 3 rings (SSSR count). The Hall–Kier alpha value is -1.66. The smallest absolute Gasteiger partial charge is 0.133 e. The summed E-state index contributed by atoms with van der Waals surface area (Å²) in [5, 5.41) is 10.8. The average Bonchev–Trinajstić information content (AvgIpc) is 2.76. The summed E-state index contributed by atoms with van der Waals surface area (Å²) < 4.78 is 5.45. The van der Waals surface area contributed by atoms with Crippen LogP contribution in [0.1, 0.15) is 13.8 Å². The highest BCUT2D eigenvalue weighted by Gasteiger charge is 2.44. The van der Waals surface area contributed by atoms with Crippen LogP contribution in [0.15, 0.2) is 34.6 Å². The van der Waals surface area contributed by atoms with Gasteiger partial charge in [0.15, 0.2) is 0 Å². The maximum atomic E-state index is 6.09. The second-order valence-electron chi connectivity index (χ2n) is 5.77. The lowest BCUT2D eigenvalue weighted by Crippen LogP contribution is -2.57. The van der Waals surface area contributed by atoms with Crippen LogP contribution in [0.5, 0.6) is 0 Å². The van der Waals surface area contributed by atoms with Gasteiger partial charge < -0.3 is 10.5 Å². The van der Waals surface area contributed by atoms with Crippen molar-refractivity contribution in [2.45, 2.75) is 25.6 Å². The second kappa shape index (κ2) is 5.03. The highest BCUT2D eigenvalue weighted by Crippen LogP contribution is 2.37. The van der Waals surface area contributed by atoms with E-state index in [9.17, 15) is 0 Å². The molecule has 2 N–H and O–H groups in total. The van der Waals surface area contributed by atoms with Crippen molar-refractivity contribution in [3.63, 3.8) is 0 Å². The van der Waals surface area contributed by atoms with Crippen LogP contribution in [0.3, 0.4) is 0 Å². The molecule has 0 spiro atoms. The average molecular weight is 275 g/mol. The van der Waals surface area contributed by atoms with Gasteiger partial charge in [-0.3, -0.25) is 4.90 Å². The lowest BCUT2D eigenvalue weighted by Gasteiger charge is -2.40. The zero-order chi connectivity index (χ0) is 14.2. The van der Waals surface area contributed by atoms with E-state index < -0.39 is 0 Å². The van der Waals surface area contributed by atoms with Crippen molar-refractivity contribution < 1.29 is 4.74 Å². The van der Waals surface area contributed by atoms with Crippen molar-refractivity contribution in [1.29, 1.82) is 0 Å². The van der Waals surface area contributed by atoms with Crippen molar-refractivity contribution in [1.82, 2.24) is 4.90 Å². The summed E-state index contributed by atoms with van der Waals surface area (Å²) in [4.78, 5) is 2.37. The fraction of sp³-hybridized carbons (Fsp3) is 0.571. The molecule has 0 radical (unpaired) electrons. The SMILES string of the molecule is CC1(C)N=NN(c2ccccc2N)C1N1CCOCC1. The van der Waals surface area contributed by atoms with Crippen molar-refractivity contribution >= 4 is 11.4 Å². The van der Waals surface area contributed by atoms with Gasteiger partial charge in [0.1, 0.15) is 11.7 Å². The van der Waals surface area contributed by atoms with E-state index in [2.05, 4.69) is 29.1 Å². The standard InChI is InChI=1S/C14H21N5O/c1-14(2)13(18-7-9-20-10-8-18)19(17-16-14)12-6-4-3-5-11(12)15/h3-6,13H,7-10,15H2,1-2H3. The molecule has 6 heteroatoms. The summed E-state index contributed by atoms with van der Waals surface area (Å²) in [7, 11) is 0. The molecule has 0 amide bonds. The predicted molar refractivity (Wildman–Crippen MR) is 78.4 cm³/mol. The molecule has 2 heterocycles. The van der Waals surface area contributed by atoms with Gasteiger partial charge in [-0.05, 0) is 26.0 Å². The fourth-order valence-corrected chi connectivity index (χ4v) is 2.86. The van der Waals surface area contributed by atoms with E-state index in [0.29, 0.717) is 0 Å². The Balaban J connectivity index is 1.93. The van der Waals surface area contributed by atoms with Crippen LogP contribution in [-0.4, -0.2) is 42.9 Å². The number of ether oxygens (including phenoxy) is 1. The molecule has 108 valence electrons. The first-order chi connectivity index (χ1) is 9.59. The number of rotatable bonds is 2. The first-order valence-corrected chi connectivity index (χ1v) is 6.98. The number of anilines is 2. The number of hydrogen-bond donors (Lipinski definition) is 1. The van der Waals surface area contributed by atoms with Gasteiger partial charge in [-0.1, -0.05) is 17.4 Å². The monoisotopic (exact) mass is 275 g/mol. The summed E-state index contributed by atoms with van der Waals surface area (Å²) >= 11 is 0. The van der Waals surface area contributed by atoms with Gasteiger partial charge in [-0.15, -0.1) is 0 Å². The van der Waals surface area contributed by atoms with Gasteiger partial charge >= 0.3 is 0 Å². The van der Waals surface area contributed by atoms with Gasteiger partial charge in [0.25, 0.3) is 0 Å². The molecule has 0 saturated carbocycles. The summed E-state index contributed by atoms with van der Waals surface area (Å²) in [6.45, 7) is 7.51. The van der Waals surface area contributed by atoms with Crippen LogP contribution in [0, 0.1) is 0 Å². The first-order valence-electron chi connectivity index (χ1n) is 6.98. The number of morpholine rings is 1. The van der Waals surface area contributed by atoms with Crippen LogP contribution in [0.4, 0.5) is 11.4 Å². The Kier molecular flexibility index (Phi) is 3.35. The van der Waals surface area contributed by atoms with Crippen molar-refractivity contribution in [3.8, 4) is 0 Å². The Bertz CT molecular complexity index is 510. The molecule has 1 saturated heterocycles. The third-order valence-corrected chi connectivity index (χ3v) is 3.84. The molecule has 6 nitrogen and oxygen atoms in total. The van der Waals surface area contributed by atoms with Gasteiger partial charge in [-0.2, -0.15) is 5.11 Å². The minimum Gasteiger partial charge on any atom is -0.397 e. The predicted octanol–water partition coefficient (Wildman–Crippen LogP) is 1.89. The molecule has 0 aliphatic carbocycles. The maximum absolute atomic E-state index is 6.09. The Morgan fingerprint density at radius 1 is 1.25 bits per heavy atom. The summed E-state index contributed by atoms with van der Waals surface area (Å²) in [6.07, 6.45) is 0.0797. The quantitative estimate of drug-likeness (QED) is 0.837. The number of hydrogen-bond acceptors (Lipinski definition) is 6. The highest BCUT2D eigenvalue weighted by atomic mass is 16.5. The van der Waals surface area contributed by atoms with Crippen LogP contribution >= 0.6 is 0 Å². The normalized spacial score (nSPS) is 26.1. The number of benzene rings is 1. The maximum Gasteiger partial charge on any atom is 0.133 e. The number of nitrogens with zero attached hydrogens (tertiary/aromatic N) is 4. The van der Waals surface area contributed by atoms with Crippen molar-refractivity contribution in [3.05, 3.63) is 24.3 Å². The molecule has 2 aliphatic heterocycles. The van der Waals surface area contributed by atoms with Crippen LogP contribution in [0.2, 0.25) is 0 Å². The molecule has 1 aromatic rings. The van der Waals surface area contributed by atoms with Gasteiger partial charge in [0, 0.05) is 13.1 Å². The van der Waals surface area contributed by atoms with E-state index in [1.807, 2.05) is 29.3 Å². The third kappa shape index (κ3) is 2.25. The van der Waals surface area contributed by atoms with Crippen molar-refractivity contribution in [2.75, 3.05) is 37.0 Å². The zero-order valence-electron chi connectivity index (χ0n) is 12.0. The van der Waals surface area contributed by atoms with Crippen molar-refractivity contribution in [2.24, 2.45) is 10.3 Å². The minimum atomic E-state index is -0.264. The molecule has 1 aromatic carbocycles. The molecule has 2 aliphatic rings. The summed E-state index contributed by atoms with van der Waals surface area (Å²) in [6, 6.07) is 7.79. The lowest BCUT2D eigenvalue weighted by molar-refractivity contribution is 0.00650. The van der Waals surface area contributed by atoms with E-state index in [-0.39, 0.29) is 11.7 Å². The second-order valence-corrected chi connectivity index (χ2v) is 5.77. The number of nitrogen functional groups attached to an aromatic ring is 1. The molecule has 20 heavy (non-hydrogen) atoms. The molecule has 1 fully saturated rings. The highest BCUT2D eigenvalue weighted by molar-refractivity contribution is 5.67. The van der Waals surface area contributed by atoms with E-state index in [1.54, 1.807) is 0 Å². The zero-order valence-corrected chi connectivity index (χ0v) is 12.0. The van der Waals surface area contributed by atoms with E-state index in [1.165, 1.54) is 0 Å². The molecular weight excluding hydrogens is 254 g/mol. The summed E-state index contributed by atoms with van der Waals surface area (Å²) in [5.41, 5.74) is 7.47. The molecule has 0 bridgehead atoms. The number of nitrogens with two attached hydrogens (primary N) is 1. The lowest BCUT2D eigenvalue weighted by atomic mass is 10.00. The minimum absolute atomic E-state index is 0.0797. The Morgan fingerprint density at radius 2 is 1.95 bits per heavy atom. The van der Waals surface area contributed by atoms with E-state index >= 15 is 0 Å². The van der Waals surface area contributed by atoms with Crippen LogP contribution in [0.25, 0.3) is 0 Å². The Labute approximate surface area is 119 Å². The van der Waals surface area contributed by atoms with Gasteiger partial charge in [0.2, 0.25) is 0 Å². The first kappa shape index (κ1) is 13.3. The third-order valence-electron chi connectivity index (χ3n) is 3.84. The van der Waals surface area contributed by atoms with E-state index in [0.717, 1.165) is 37.7 Å². The molecule has 1 atom stereocenters. The fourth-order valence-electron chi connectivity index (χ4n) is 2.86. The largest absolute Gasteiger partial charge is 0.397 e. The topological polar surface area (TPSA) is 66.5 Å². The molecular formula is C14H21N5O. The number of para-hydroxylation sites is 2.